The number of benzene rings is 1. The molecule has 1 aromatic heterocycles. The van der Waals surface area contributed by atoms with Crippen LogP contribution >= 0.6 is 23.7 Å². The summed E-state index contributed by atoms with van der Waals surface area (Å²) in [4.78, 5) is 13.6. The molecule has 0 radical (unpaired) electrons. The molecular weight excluding hydrogens is 418 g/mol. The van der Waals surface area contributed by atoms with Crippen molar-refractivity contribution in [2.45, 2.75) is 56.1 Å². The van der Waals surface area contributed by atoms with Crippen molar-refractivity contribution in [2.24, 2.45) is 0 Å². The third-order valence-electron chi connectivity index (χ3n) is 4.82. The number of hydrogen-bond donors (Lipinski definition) is 2. The van der Waals surface area contributed by atoms with Gasteiger partial charge in [0.05, 0.1) is 5.75 Å². The van der Waals surface area contributed by atoms with Crippen LogP contribution in [0.5, 0.6) is 0 Å². The van der Waals surface area contributed by atoms with Crippen LogP contribution in [-0.4, -0.2) is 33.3 Å². The molecule has 0 spiro atoms. The number of rotatable bonds is 11. The Morgan fingerprint density at radius 2 is 2.00 bits per heavy atom. The Bertz CT molecular complexity index is 882. The predicted molar refractivity (Wildman–Crippen MR) is 124 cm³/mol. The van der Waals surface area contributed by atoms with Crippen LogP contribution < -0.4 is 5.32 Å². The lowest BCUT2D eigenvalue weighted by molar-refractivity contribution is -0.113. The molecule has 2 aromatic rings. The van der Waals surface area contributed by atoms with E-state index in [0.717, 1.165) is 22.2 Å². The highest BCUT2D eigenvalue weighted by Crippen LogP contribution is 2.38. The minimum Gasteiger partial charge on any atom is -0.505 e. The van der Waals surface area contributed by atoms with Crippen molar-refractivity contribution in [1.29, 1.82) is 0 Å². The van der Waals surface area contributed by atoms with Crippen LogP contribution in [0.25, 0.3) is 5.76 Å². The van der Waals surface area contributed by atoms with Crippen LogP contribution in [-0.2, 0) is 10.5 Å². The van der Waals surface area contributed by atoms with Crippen LogP contribution in [0.1, 0.15) is 56.8 Å². The first-order valence-corrected chi connectivity index (χ1v) is 12.3. The Balaban J connectivity index is 1.49. The normalized spacial score (nSPS) is 13.5. The molecule has 2 heterocycles. The van der Waals surface area contributed by atoms with Crippen molar-refractivity contribution in [3.05, 3.63) is 47.4 Å². The quantitative estimate of drug-likeness (QED) is 0.319. The van der Waals surface area contributed by atoms with Gasteiger partial charge in [-0.25, -0.2) is 0 Å². The molecule has 2 N–H and O–H groups in total. The van der Waals surface area contributed by atoms with E-state index in [1.807, 2.05) is 30.0 Å². The highest BCUT2D eigenvalue weighted by molar-refractivity contribution is 7.98. The predicted octanol–water partition coefficient (Wildman–Crippen LogP) is 6.09. The molecule has 30 heavy (non-hydrogen) atoms. The number of unbranched alkanes of at least 4 members (excludes halogenated alkanes) is 5. The van der Waals surface area contributed by atoms with E-state index >= 15 is 0 Å². The number of thioether (sulfide) groups is 1. The molecule has 1 amide bonds. The fourth-order valence-electron chi connectivity index (χ4n) is 3.23. The standard InChI is InChI=1S/C22H29N3O3S2/c1-3-4-5-6-7-10-13-29-15-16-14-19(24-28-16)23-22(27)20-21(26)17-11-8-9-12-18(17)30-25(20)2/h8-9,11-12,14,26H,3-7,10,13,15H2,1-2H3,(H,23,24,27). The zero-order valence-electron chi connectivity index (χ0n) is 17.5. The van der Waals surface area contributed by atoms with Gasteiger partial charge in [-0.2, -0.15) is 11.8 Å². The number of amides is 1. The number of carbonyl (C=O) groups excluding carboxylic acids is 1. The van der Waals surface area contributed by atoms with Crippen molar-refractivity contribution in [1.82, 2.24) is 9.46 Å². The van der Waals surface area contributed by atoms with Gasteiger partial charge in [-0.05, 0) is 36.3 Å². The SMILES string of the molecule is CCCCCCCCSCc1cc(NC(=O)C2=C(O)c3ccccc3SN2C)no1. The van der Waals surface area contributed by atoms with E-state index in [-0.39, 0.29) is 11.5 Å². The second-order valence-electron chi connectivity index (χ2n) is 7.24. The molecule has 0 bridgehead atoms. The smallest absolute Gasteiger partial charge is 0.277 e. The van der Waals surface area contributed by atoms with E-state index in [1.54, 1.807) is 23.5 Å². The lowest BCUT2D eigenvalue weighted by atomic mass is 10.1. The molecule has 6 nitrogen and oxygen atoms in total. The molecule has 0 aliphatic carbocycles. The van der Waals surface area contributed by atoms with Crippen LogP contribution in [0.15, 0.2) is 45.4 Å². The zero-order chi connectivity index (χ0) is 21.3. The highest BCUT2D eigenvalue weighted by Gasteiger charge is 2.28. The van der Waals surface area contributed by atoms with Crippen molar-refractivity contribution in [3.63, 3.8) is 0 Å². The first-order valence-electron chi connectivity index (χ1n) is 10.4. The van der Waals surface area contributed by atoms with Gasteiger partial charge in [-0.3, -0.25) is 4.79 Å². The number of likely N-dealkylation sites (N-methyl/N-ethyl adjacent to an activating group) is 1. The maximum Gasteiger partial charge on any atom is 0.277 e. The van der Waals surface area contributed by atoms with Gasteiger partial charge in [0.15, 0.2) is 17.3 Å². The second kappa shape index (κ2) is 11.4. The van der Waals surface area contributed by atoms with Crippen molar-refractivity contribution >= 4 is 41.2 Å². The van der Waals surface area contributed by atoms with Crippen molar-refractivity contribution in [3.8, 4) is 0 Å². The second-order valence-corrected chi connectivity index (χ2v) is 9.51. The molecule has 3 rings (SSSR count). The monoisotopic (exact) mass is 447 g/mol. The summed E-state index contributed by atoms with van der Waals surface area (Å²) in [6.07, 6.45) is 7.74. The summed E-state index contributed by atoms with van der Waals surface area (Å²) < 4.78 is 7.00. The van der Waals surface area contributed by atoms with Crippen LogP contribution in [0.2, 0.25) is 0 Å². The number of hydrogen-bond acceptors (Lipinski definition) is 7. The molecule has 8 heteroatoms. The van der Waals surface area contributed by atoms with Gasteiger partial charge in [0, 0.05) is 23.6 Å². The van der Waals surface area contributed by atoms with Gasteiger partial charge in [-0.15, -0.1) is 0 Å². The minimum absolute atomic E-state index is 0.0393. The average Bonchev–Trinajstić information content (AvgIpc) is 3.17. The van der Waals surface area contributed by atoms with E-state index < -0.39 is 5.91 Å². The fourth-order valence-corrected chi connectivity index (χ4v) is 5.08. The molecule has 162 valence electrons. The molecule has 0 fully saturated rings. The fraction of sp³-hybridized carbons (Fsp3) is 0.455. The number of nitrogens with zero attached hydrogens (tertiary/aromatic N) is 2. The number of anilines is 1. The van der Waals surface area contributed by atoms with Gasteiger partial charge in [0.25, 0.3) is 5.91 Å². The maximum absolute atomic E-state index is 12.7. The maximum atomic E-state index is 12.7. The van der Waals surface area contributed by atoms with Crippen LogP contribution in [0, 0.1) is 0 Å². The van der Waals surface area contributed by atoms with E-state index in [9.17, 15) is 9.90 Å². The van der Waals surface area contributed by atoms with Gasteiger partial charge in [-0.1, -0.05) is 56.3 Å². The zero-order valence-corrected chi connectivity index (χ0v) is 19.2. The number of nitrogens with one attached hydrogen (secondary N) is 1. The summed E-state index contributed by atoms with van der Waals surface area (Å²) in [5, 5.41) is 17.3. The van der Waals surface area contributed by atoms with Crippen molar-refractivity contribution < 1.29 is 14.4 Å². The number of aliphatic hydroxyl groups is 1. The minimum atomic E-state index is -0.420. The van der Waals surface area contributed by atoms with Gasteiger partial charge in [0.2, 0.25) is 0 Å². The lowest BCUT2D eigenvalue weighted by Crippen LogP contribution is -2.27. The molecule has 0 unspecified atom stereocenters. The Morgan fingerprint density at radius 3 is 2.83 bits per heavy atom. The molecule has 0 saturated heterocycles. The third kappa shape index (κ3) is 5.98. The van der Waals surface area contributed by atoms with E-state index in [1.165, 1.54) is 50.5 Å². The van der Waals surface area contributed by atoms with E-state index in [2.05, 4.69) is 17.4 Å². The largest absolute Gasteiger partial charge is 0.505 e. The number of carbonyl (C=O) groups is 1. The Morgan fingerprint density at radius 1 is 1.23 bits per heavy atom. The molecule has 1 aromatic carbocycles. The molecule has 1 aliphatic rings. The molecule has 1 aliphatic heterocycles. The molecule has 0 atom stereocenters. The number of fused-ring (bicyclic) bond motifs is 1. The Kier molecular flexibility index (Phi) is 8.57. The van der Waals surface area contributed by atoms with Crippen LogP contribution in [0.4, 0.5) is 5.82 Å². The lowest BCUT2D eigenvalue weighted by Gasteiger charge is -2.27. The third-order valence-corrected chi connectivity index (χ3v) is 6.89. The van der Waals surface area contributed by atoms with Gasteiger partial charge >= 0.3 is 0 Å². The summed E-state index contributed by atoms with van der Waals surface area (Å²) in [7, 11) is 1.75. The number of aliphatic hydroxyl groups excluding tert-OH is 1. The first kappa shape index (κ1) is 22.6. The summed E-state index contributed by atoms with van der Waals surface area (Å²) in [5.41, 5.74) is 0.846. The highest BCUT2D eigenvalue weighted by atomic mass is 32.2. The molecule has 0 saturated carbocycles. The van der Waals surface area contributed by atoms with Gasteiger partial charge in [0.1, 0.15) is 5.76 Å². The van der Waals surface area contributed by atoms with Gasteiger partial charge < -0.3 is 19.3 Å². The Hall–Kier alpha value is -2.06. The average molecular weight is 448 g/mol. The van der Waals surface area contributed by atoms with E-state index in [4.69, 9.17) is 4.52 Å². The first-order chi connectivity index (χ1) is 14.6. The topological polar surface area (TPSA) is 78.6 Å². The summed E-state index contributed by atoms with van der Waals surface area (Å²) in [6.45, 7) is 2.23. The molecular formula is C22H29N3O3S2. The van der Waals surface area contributed by atoms with Crippen LogP contribution in [0.3, 0.4) is 0 Å². The summed E-state index contributed by atoms with van der Waals surface area (Å²) in [5.74, 6) is 2.45. The van der Waals surface area contributed by atoms with Crippen molar-refractivity contribution in [2.75, 3.05) is 18.1 Å². The summed E-state index contributed by atoms with van der Waals surface area (Å²) in [6, 6.07) is 9.19. The number of aromatic nitrogens is 1. The summed E-state index contributed by atoms with van der Waals surface area (Å²) >= 11 is 3.21. The Labute approximate surface area is 186 Å². The van der Waals surface area contributed by atoms with E-state index in [0.29, 0.717) is 11.4 Å².